The third kappa shape index (κ3) is 4.75. The van der Waals surface area contributed by atoms with Gasteiger partial charge < -0.3 is 31.9 Å². The number of nitrogens with one attached hydrogen (secondary N) is 2. The number of ether oxygens (including phenoxy) is 1. The number of carbonyl (C=O) groups is 2. The summed E-state index contributed by atoms with van der Waals surface area (Å²) in [6.07, 6.45) is -0.746. The van der Waals surface area contributed by atoms with Crippen molar-refractivity contribution in [3.63, 3.8) is 0 Å². The van der Waals surface area contributed by atoms with E-state index in [1.165, 1.54) is 0 Å². The van der Waals surface area contributed by atoms with Crippen molar-refractivity contribution in [2.75, 3.05) is 6.61 Å². The van der Waals surface area contributed by atoms with E-state index in [9.17, 15) is 14.7 Å². The van der Waals surface area contributed by atoms with E-state index in [4.69, 9.17) is 16.2 Å². The highest BCUT2D eigenvalue weighted by Crippen LogP contribution is 2.13. The molecule has 2 amide bonds. The van der Waals surface area contributed by atoms with Gasteiger partial charge in [0.25, 0.3) is 0 Å². The molecular formula is C11H22N4O4. The van der Waals surface area contributed by atoms with Crippen LogP contribution in [0.15, 0.2) is 0 Å². The van der Waals surface area contributed by atoms with Crippen LogP contribution in [-0.4, -0.2) is 54.0 Å². The summed E-state index contributed by atoms with van der Waals surface area (Å²) in [7, 11) is 0. The second kappa shape index (κ2) is 6.80. The Bertz CT molecular complexity index is 335. The van der Waals surface area contributed by atoms with Gasteiger partial charge >= 0.3 is 0 Å². The second-order valence-electron chi connectivity index (χ2n) is 4.86. The van der Waals surface area contributed by atoms with E-state index in [1.807, 2.05) is 0 Å². The summed E-state index contributed by atoms with van der Waals surface area (Å²) in [6.45, 7) is 3.29. The zero-order chi connectivity index (χ0) is 14.6. The van der Waals surface area contributed by atoms with Crippen LogP contribution < -0.4 is 22.1 Å². The molecular weight excluding hydrogens is 252 g/mol. The molecule has 19 heavy (non-hydrogen) atoms. The molecule has 1 unspecified atom stereocenters. The van der Waals surface area contributed by atoms with E-state index in [1.54, 1.807) is 13.8 Å². The van der Waals surface area contributed by atoms with Crippen LogP contribution in [0.5, 0.6) is 0 Å². The lowest BCUT2D eigenvalue weighted by Crippen LogP contribution is -2.58. The number of nitrogens with two attached hydrogens (primary N) is 2. The molecule has 1 aliphatic heterocycles. The van der Waals surface area contributed by atoms with Crippen molar-refractivity contribution < 1.29 is 19.4 Å². The Morgan fingerprint density at radius 1 is 1.21 bits per heavy atom. The Kier molecular flexibility index (Phi) is 5.67. The predicted octanol–water partition coefficient (Wildman–Crippen LogP) is -2.61. The molecule has 5 atom stereocenters. The highest BCUT2D eigenvalue weighted by Gasteiger charge is 2.32. The number of carbonyl (C=O) groups excluding carboxylic acids is 2. The number of amides is 2. The molecule has 0 aromatic heterocycles. The highest BCUT2D eigenvalue weighted by molar-refractivity contribution is 5.82. The van der Waals surface area contributed by atoms with Gasteiger partial charge in [0.05, 0.1) is 30.8 Å². The summed E-state index contributed by atoms with van der Waals surface area (Å²) in [5.74, 6) is -0.686. The fraction of sp³-hybridized carbons (Fsp3) is 0.818. The molecule has 0 aromatic rings. The molecule has 0 aliphatic carbocycles. The zero-order valence-electron chi connectivity index (χ0n) is 11.1. The number of hydrogen-bond acceptors (Lipinski definition) is 6. The maximum atomic E-state index is 11.5. The van der Waals surface area contributed by atoms with Gasteiger partial charge in [-0.3, -0.25) is 9.59 Å². The van der Waals surface area contributed by atoms with Crippen molar-refractivity contribution >= 4 is 11.8 Å². The van der Waals surface area contributed by atoms with E-state index >= 15 is 0 Å². The monoisotopic (exact) mass is 274 g/mol. The minimum absolute atomic E-state index is 0.171. The molecule has 8 nitrogen and oxygen atoms in total. The molecule has 1 saturated heterocycles. The molecule has 0 spiro atoms. The van der Waals surface area contributed by atoms with Gasteiger partial charge in [0.15, 0.2) is 6.29 Å². The first-order chi connectivity index (χ1) is 8.81. The summed E-state index contributed by atoms with van der Waals surface area (Å²) in [4.78, 5) is 23.0. The fourth-order valence-electron chi connectivity index (χ4n) is 1.70. The van der Waals surface area contributed by atoms with Gasteiger partial charge in [-0.1, -0.05) is 0 Å². The number of rotatable bonds is 4. The van der Waals surface area contributed by atoms with E-state index in [0.29, 0.717) is 6.42 Å². The van der Waals surface area contributed by atoms with Crippen LogP contribution in [0.2, 0.25) is 0 Å². The van der Waals surface area contributed by atoms with E-state index in [2.05, 4.69) is 10.6 Å². The van der Waals surface area contributed by atoms with Crippen LogP contribution in [0.1, 0.15) is 20.3 Å². The Morgan fingerprint density at radius 3 is 2.26 bits per heavy atom. The largest absolute Gasteiger partial charge is 0.366 e. The maximum Gasteiger partial charge on any atom is 0.237 e. The third-order valence-electron chi connectivity index (χ3n) is 2.85. The molecule has 0 aromatic carbocycles. The first-order valence-electron chi connectivity index (χ1n) is 6.22. The smallest absolute Gasteiger partial charge is 0.237 e. The van der Waals surface area contributed by atoms with Crippen LogP contribution in [0.4, 0.5) is 0 Å². The Hall–Kier alpha value is -1.22. The average molecular weight is 274 g/mol. The average Bonchev–Trinajstić information content (AvgIpc) is 2.32. The van der Waals surface area contributed by atoms with Crippen molar-refractivity contribution in [1.82, 2.24) is 10.6 Å². The fourth-order valence-corrected chi connectivity index (χ4v) is 1.70. The Morgan fingerprint density at radius 2 is 1.74 bits per heavy atom. The molecule has 1 fully saturated rings. The van der Waals surface area contributed by atoms with Crippen molar-refractivity contribution in [1.29, 1.82) is 0 Å². The summed E-state index contributed by atoms with van der Waals surface area (Å²) in [5.41, 5.74) is 10.9. The molecule has 1 rings (SSSR count). The van der Waals surface area contributed by atoms with Gasteiger partial charge in [0.1, 0.15) is 0 Å². The van der Waals surface area contributed by atoms with Crippen LogP contribution >= 0.6 is 0 Å². The summed E-state index contributed by atoms with van der Waals surface area (Å²) in [5, 5.41) is 14.9. The zero-order valence-corrected chi connectivity index (χ0v) is 11.1. The molecule has 8 heteroatoms. The minimum atomic E-state index is -1.11. The number of hydrogen-bond donors (Lipinski definition) is 5. The third-order valence-corrected chi connectivity index (χ3v) is 2.85. The molecule has 0 radical (unpaired) electrons. The quantitative estimate of drug-likeness (QED) is 0.380. The van der Waals surface area contributed by atoms with Crippen molar-refractivity contribution in [3.05, 3.63) is 0 Å². The van der Waals surface area contributed by atoms with Gasteiger partial charge in [0.2, 0.25) is 11.8 Å². The maximum absolute atomic E-state index is 11.5. The number of aliphatic hydroxyl groups excluding tert-OH is 1. The minimum Gasteiger partial charge on any atom is -0.366 e. The summed E-state index contributed by atoms with van der Waals surface area (Å²) in [6, 6.07) is -2.21. The molecule has 0 bridgehead atoms. The summed E-state index contributed by atoms with van der Waals surface area (Å²) < 4.78 is 5.11. The lowest BCUT2D eigenvalue weighted by atomic mass is 10.0. The summed E-state index contributed by atoms with van der Waals surface area (Å²) >= 11 is 0. The van der Waals surface area contributed by atoms with Crippen molar-refractivity contribution in [2.45, 2.75) is 50.7 Å². The van der Waals surface area contributed by atoms with Gasteiger partial charge in [-0.05, 0) is 20.3 Å². The van der Waals surface area contributed by atoms with Gasteiger partial charge in [0, 0.05) is 0 Å². The normalized spacial score (nSPS) is 30.3. The molecule has 0 saturated carbocycles. The predicted molar refractivity (Wildman–Crippen MR) is 67.7 cm³/mol. The van der Waals surface area contributed by atoms with Gasteiger partial charge in [-0.2, -0.15) is 0 Å². The highest BCUT2D eigenvalue weighted by atomic mass is 16.6. The van der Waals surface area contributed by atoms with E-state index in [0.717, 1.165) is 0 Å². The van der Waals surface area contributed by atoms with Crippen LogP contribution in [0.25, 0.3) is 0 Å². The Balaban J connectivity index is 2.53. The number of aliphatic hydroxyl groups is 1. The van der Waals surface area contributed by atoms with Gasteiger partial charge in [-0.15, -0.1) is 0 Å². The first-order valence-corrected chi connectivity index (χ1v) is 6.22. The topological polar surface area (TPSA) is 140 Å². The molecule has 1 heterocycles. The molecule has 7 N–H and O–H groups in total. The SMILES string of the molecule is C[C@@H](N)C(=O)N[C@H]1COC(O)[C@H](NC(=O)[C@@H](C)N)C1. The lowest BCUT2D eigenvalue weighted by molar-refractivity contribution is -0.159. The van der Waals surface area contributed by atoms with Crippen LogP contribution in [-0.2, 0) is 14.3 Å². The van der Waals surface area contributed by atoms with E-state index < -0.39 is 24.4 Å². The van der Waals surface area contributed by atoms with Crippen LogP contribution in [0, 0.1) is 0 Å². The van der Waals surface area contributed by atoms with Gasteiger partial charge in [-0.25, -0.2) is 0 Å². The van der Waals surface area contributed by atoms with Crippen LogP contribution in [0.3, 0.4) is 0 Å². The molecule has 110 valence electrons. The molecule has 1 aliphatic rings. The van der Waals surface area contributed by atoms with E-state index in [-0.39, 0.29) is 24.5 Å². The first kappa shape index (κ1) is 15.8. The second-order valence-corrected chi connectivity index (χ2v) is 4.86. The standard InChI is InChI=1S/C11H22N4O4/c1-5(12)9(16)14-7-3-8(11(18)19-4-7)15-10(17)6(2)13/h5-8,11,18H,3-4,12-13H2,1-2H3,(H,14,16)(H,15,17)/t5-,6-,7-,8-,11?/m1/s1. The Labute approximate surface area is 111 Å². The van der Waals surface area contributed by atoms with Crippen molar-refractivity contribution in [3.8, 4) is 0 Å². The lowest BCUT2D eigenvalue weighted by Gasteiger charge is -2.34. The van der Waals surface area contributed by atoms with Crippen molar-refractivity contribution in [2.24, 2.45) is 11.5 Å².